The van der Waals surface area contributed by atoms with E-state index >= 15 is 0 Å². The van der Waals surface area contributed by atoms with Crippen molar-refractivity contribution in [2.75, 3.05) is 30.9 Å². The summed E-state index contributed by atoms with van der Waals surface area (Å²) in [4.78, 5) is 16.5. The first-order valence-electron chi connectivity index (χ1n) is 10.4. The van der Waals surface area contributed by atoms with Gasteiger partial charge in [-0.15, -0.1) is 0 Å². The lowest BCUT2D eigenvalue weighted by Crippen LogP contribution is -2.12. The van der Waals surface area contributed by atoms with Crippen LogP contribution in [0.4, 0.5) is 17.1 Å². The monoisotopic (exact) mass is 431 g/mol. The Hall–Kier alpha value is -4.00. The number of fused-ring (bicyclic) bond motifs is 2. The number of aryl methyl sites for hydroxylation is 1. The molecule has 1 aliphatic heterocycles. The Bertz CT molecular complexity index is 1230. The molecule has 5 rings (SSSR count). The number of pyridine rings is 1. The number of carbonyl (C=O) groups is 1. The zero-order valence-corrected chi connectivity index (χ0v) is 18.0. The number of hydrogen-bond acceptors (Lipinski definition) is 6. The first kappa shape index (κ1) is 21.2. The largest absolute Gasteiger partial charge is 0.493 e. The van der Waals surface area contributed by atoms with E-state index in [0.717, 1.165) is 47.5 Å². The predicted octanol–water partition coefficient (Wildman–Crippen LogP) is 5.35. The molecule has 0 atom stereocenters. The molecule has 0 unspecified atom stereocenters. The number of nitrogens with one attached hydrogen (secondary N) is 1. The minimum Gasteiger partial charge on any atom is -0.493 e. The Labute approximate surface area is 186 Å². The summed E-state index contributed by atoms with van der Waals surface area (Å²) in [6.45, 7) is 0.821. The van der Waals surface area contributed by atoms with Crippen molar-refractivity contribution >= 4 is 34.0 Å². The van der Waals surface area contributed by atoms with Gasteiger partial charge in [0.2, 0.25) is 0 Å². The van der Waals surface area contributed by atoms with E-state index in [-0.39, 0.29) is 5.56 Å². The number of ether oxygens (including phenoxy) is 1. The average Bonchev–Trinajstić information content (AvgIpc) is 3.31. The lowest BCUT2D eigenvalue weighted by atomic mass is 10.1. The lowest BCUT2D eigenvalue weighted by molar-refractivity contribution is 0.0698. The molecule has 0 fully saturated rings. The van der Waals surface area contributed by atoms with Gasteiger partial charge >= 0.3 is 5.97 Å². The molecule has 0 aliphatic carbocycles. The van der Waals surface area contributed by atoms with E-state index < -0.39 is 5.97 Å². The summed E-state index contributed by atoms with van der Waals surface area (Å²) in [6, 6.07) is 16.1. The highest BCUT2D eigenvalue weighted by molar-refractivity contribution is 5.93. The van der Waals surface area contributed by atoms with Crippen LogP contribution in [0.5, 0.6) is 5.75 Å². The molecule has 3 heterocycles. The minimum atomic E-state index is -0.947. The number of rotatable bonds is 4. The van der Waals surface area contributed by atoms with Crippen LogP contribution < -0.4 is 15.0 Å². The number of aromatic carboxylic acids is 1. The third kappa shape index (κ3) is 4.51. The molecule has 7 heteroatoms. The number of benzene rings is 2. The van der Waals surface area contributed by atoms with Gasteiger partial charge in [0.05, 0.1) is 30.3 Å². The van der Waals surface area contributed by atoms with Crippen molar-refractivity contribution in [2.24, 2.45) is 0 Å². The Balaban J connectivity index is 0.000000189. The van der Waals surface area contributed by atoms with Crippen LogP contribution in [0.15, 0.2) is 71.6 Å². The molecule has 0 saturated heterocycles. The summed E-state index contributed by atoms with van der Waals surface area (Å²) in [5.74, 6) is 0.0757. The molecule has 0 saturated carbocycles. The van der Waals surface area contributed by atoms with Gasteiger partial charge < -0.3 is 24.5 Å². The SMILES string of the molecule is CN(c1ccc2c(c1)OCCC2)c1ccc2occc2c1.CNc1cnccc1C(=O)O. The van der Waals surface area contributed by atoms with Crippen LogP contribution in [-0.4, -0.2) is 36.8 Å². The second-order valence-electron chi connectivity index (χ2n) is 7.42. The molecule has 4 aromatic rings. The van der Waals surface area contributed by atoms with Gasteiger partial charge in [-0.3, -0.25) is 4.98 Å². The van der Waals surface area contributed by atoms with Crippen molar-refractivity contribution in [3.63, 3.8) is 0 Å². The van der Waals surface area contributed by atoms with Crippen LogP contribution in [-0.2, 0) is 6.42 Å². The fourth-order valence-corrected chi connectivity index (χ4v) is 3.63. The van der Waals surface area contributed by atoms with Crippen molar-refractivity contribution in [1.29, 1.82) is 0 Å². The first-order valence-corrected chi connectivity index (χ1v) is 10.4. The molecular formula is C25H25N3O4. The van der Waals surface area contributed by atoms with Gasteiger partial charge in [0.1, 0.15) is 11.3 Å². The van der Waals surface area contributed by atoms with Gasteiger partial charge in [0, 0.05) is 43.1 Å². The second-order valence-corrected chi connectivity index (χ2v) is 7.42. The van der Waals surface area contributed by atoms with E-state index in [2.05, 4.69) is 52.6 Å². The predicted molar refractivity (Wildman–Crippen MR) is 125 cm³/mol. The molecule has 2 aromatic heterocycles. The topological polar surface area (TPSA) is 87.8 Å². The number of carboxylic acids is 1. The smallest absolute Gasteiger partial charge is 0.337 e. The van der Waals surface area contributed by atoms with Gasteiger partial charge in [0.25, 0.3) is 0 Å². The van der Waals surface area contributed by atoms with Gasteiger partial charge in [-0.1, -0.05) is 6.07 Å². The number of anilines is 3. The fourth-order valence-electron chi connectivity index (χ4n) is 3.63. The van der Waals surface area contributed by atoms with Crippen molar-refractivity contribution in [3.8, 4) is 5.75 Å². The van der Waals surface area contributed by atoms with Crippen LogP contribution in [0.2, 0.25) is 0 Å². The molecule has 164 valence electrons. The van der Waals surface area contributed by atoms with Gasteiger partial charge in [-0.25, -0.2) is 4.79 Å². The molecule has 0 spiro atoms. The van der Waals surface area contributed by atoms with Gasteiger partial charge in [-0.05, 0) is 54.8 Å². The maximum atomic E-state index is 10.5. The van der Waals surface area contributed by atoms with E-state index in [9.17, 15) is 4.79 Å². The highest BCUT2D eigenvalue weighted by Gasteiger charge is 2.13. The maximum absolute atomic E-state index is 10.5. The number of aromatic nitrogens is 1. The van der Waals surface area contributed by atoms with E-state index in [1.807, 2.05) is 12.1 Å². The molecule has 0 amide bonds. The first-order chi connectivity index (χ1) is 15.6. The molecule has 32 heavy (non-hydrogen) atoms. The summed E-state index contributed by atoms with van der Waals surface area (Å²) in [7, 11) is 3.73. The van der Waals surface area contributed by atoms with Gasteiger partial charge in [0.15, 0.2) is 0 Å². The molecule has 0 radical (unpaired) electrons. The summed E-state index contributed by atoms with van der Waals surface area (Å²) >= 11 is 0. The standard InChI is InChI=1S/C18H17NO2.C7H8N2O2/c1-19(15-6-7-17-14(11-15)8-10-21-17)16-5-4-13-3-2-9-20-18(13)12-16;1-8-6-4-9-3-2-5(6)7(10)11/h4-8,10-12H,2-3,9H2,1H3;2-4,8H,1H3,(H,10,11). The minimum absolute atomic E-state index is 0.238. The molecular weight excluding hydrogens is 406 g/mol. The summed E-state index contributed by atoms with van der Waals surface area (Å²) in [5.41, 5.74) is 5.27. The third-order valence-electron chi connectivity index (χ3n) is 5.43. The number of nitrogens with zero attached hydrogens (tertiary/aromatic N) is 2. The Morgan fingerprint density at radius 2 is 1.94 bits per heavy atom. The van der Waals surface area contributed by atoms with E-state index in [1.165, 1.54) is 24.0 Å². The third-order valence-corrected chi connectivity index (χ3v) is 5.43. The number of hydrogen-bond donors (Lipinski definition) is 2. The Kier molecular flexibility index (Phi) is 6.26. The van der Waals surface area contributed by atoms with Gasteiger partial charge in [-0.2, -0.15) is 0 Å². The number of carboxylic acid groups (broad SMARTS) is 1. The van der Waals surface area contributed by atoms with Crippen molar-refractivity contribution in [2.45, 2.75) is 12.8 Å². The summed E-state index contributed by atoms with van der Waals surface area (Å²) in [5, 5.41) is 12.5. The molecule has 2 N–H and O–H groups in total. The lowest BCUT2D eigenvalue weighted by Gasteiger charge is -2.23. The summed E-state index contributed by atoms with van der Waals surface area (Å²) in [6.07, 6.45) is 6.87. The normalized spacial score (nSPS) is 12.2. The molecule has 0 bridgehead atoms. The fraction of sp³-hybridized carbons (Fsp3) is 0.200. The maximum Gasteiger partial charge on any atom is 0.337 e. The molecule has 1 aliphatic rings. The zero-order valence-electron chi connectivity index (χ0n) is 18.0. The van der Waals surface area contributed by atoms with Crippen LogP contribution in [0.1, 0.15) is 22.3 Å². The Morgan fingerprint density at radius 3 is 2.72 bits per heavy atom. The summed E-state index contributed by atoms with van der Waals surface area (Å²) < 4.78 is 11.2. The van der Waals surface area contributed by atoms with Crippen LogP contribution in [0.25, 0.3) is 11.0 Å². The van der Waals surface area contributed by atoms with E-state index in [1.54, 1.807) is 13.3 Å². The number of furan rings is 1. The average molecular weight is 431 g/mol. The van der Waals surface area contributed by atoms with Crippen molar-refractivity contribution in [3.05, 3.63) is 78.3 Å². The van der Waals surface area contributed by atoms with Crippen LogP contribution in [0, 0.1) is 0 Å². The molecule has 7 nitrogen and oxygen atoms in total. The van der Waals surface area contributed by atoms with Crippen LogP contribution in [0.3, 0.4) is 0 Å². The van der Waals surface area contributed by atoms with Crippen LogP contribution >= 0.6 is 0 Å². The molecule has 2 aromatic carbocycles. The zero-order chi connectivity index (χ0) is 22.5. The van der Waals surface area contributed by atoms with Crippen molar-refractivity contribution in [1.82, 2.24) is 4.98 Å². The Morgan fingerprint density at radius 1 is 1.12 bits per heavy atom. The highest BCUT2D eigenvalue weighted by Crippen LogP contribution is 2.33. The van der Waals surface area contributed by atoms with E-state index in [0.29, 0.717) is 5.69 Å². The quantitative estimate of drug-likeness (QED) is 0.450. The second kappa shape index (κ2) is 9.43. The van der Waals surface area contributed by atoms with E-state index in [4.69, 9.17) is 14.3 Å². The van der Waals surface area contributed by atoms with Crippen molar-refractivity contribution < 1.29 is 19.1 Å². The highest BCUT2D eigenvalue weighted by atomic mass is 16.5.